The van der Waals surface area contributed by atoms with Gasteiger partial charge in [0.1, 0.15) is 0 Å². The summed E-state index contributed by atoms with van der Waals surface area (Å²) in [6, 6.07) is 14.6. The summed E-state index contributed by atoms with van der Waals surface area (Å²) in [5.74, 6) is 0.696. The standard InChI is InChI=1S/C15H17NO/c1-17-15-12-14(10-11-16-15)9-5-8-13-6-3-2-4-7-13/h2-4,6-7,10-12H,5,8-9H2,1H3. The van der Waals surface area contributed by atoms with Crippen molar-refractivity contribution in [3.8, 4) is 5.88 Å². The summed E-state index contributed by atoms with van der Waals surface area (Å²) in [6.45, 7) is 0. The fourth-order valence-electron chi connectivity index (χ4n) is 1.86. The summed E-state index contributed by atoms with van der Waals surface area (Å²) >= 11 is 0. The number of pyridine rings is 1. The van der Waals surface area contributed by atoms with E-state index >= 15 is 0 Å². The second-order valence-electron chi connectivity index (χ2n) is 4.05. The lowest BCUT2D eigenvalue weighted by atomic mass is 10.1. The van der Waals surface area contributed by atoms with Crippen molar-refractivity contribution < 1.29 is 4.74 Å². The van der Waals surface area contributed by atoms with Crippen molar-refractivity contribution in [3.05, 3.63) is 59.8 Å². The van der Waals surface area contributed by atoms with Crippen molar-refractivity contribution >= 4 is 0 Å². The molecule has 0 spiro atoms. The topological polar surface area (TPSA) is 22.1 Å². The van der Waals surface area contributed by atoms with Gasteiger partial charge in [-0.05, 0) is 36.5 Å². The molecule has 2 heteroatoms. The summed E-state index contributed by atoms with van der Waals surface area (Å²) < 4.78 is 5.11. The molecule has 1 heterocycles. The molecule has 0 fully saturated rings. The van der Waals surface area contributed by atoms with Crippen LogP contribution in [0.5, 0.6) is 5.88 Å². The van der Waals surface area contributed by atoms with Crippen LogP contribution in [-0.4, -0.2) is 12.1 Å². The highest BCUT2D eigenvalue weighted by atomic mass is 16.5. The summed E-state index contributed by atoms with van der Waals surface area (Å²) in [6.07, 6.45) is 5.13. The van der Waals surface area contributed by atoms with Gasteiger partial charge < -0.3 is 4.74 Å². The Morgan fingerprint density at radius 3 is 2.53 bits per heavy atom. The highest BCUT2D eigenvalue weighted by Crippen LogP contribution is 2.12. The molecule has 0 amide bonds. The maximum atomic E-state index is 5.11. The number of nitrogens with zero attached hydrogens (tertiary/aromatic N) is 1. The van der Waals surface area contributed by atoms with E-state index in [9.17, 15) is 0 Å². The summed E-state index contributed by atoms with van der Waals surface area (Å²) in [4.78, 5) is 4.10. The van der Waals surface area contributed by atoms with Gasteiger partial charge in [0.2, 0.25) is 5.88 Å². The molecule has 17 heavy (non-hydrogen) atoms. The molecule has 88 valence electrons. The average Bonchev–Trinajstić information content (AvgIpc) is 2.40. The fourth-order valence-corrected chi connectivity index (χ4v) is 1.86. The first-order chi connectivity index (χ1) is 8.38. The Kier molecular flexibility index (Phi) is 4.14. The van der Waals surface area contributed by atoms with E-state index in [1.807, 2.05) is 12.1 Å². The predicted molar refractivity (Wildman–Crippen MR) is 69.3 cm³/mol. The zero-order chi connectivity index (χ0) is 11.9. The molecule has 2 nitrogen and oxygen atoms in total. The number of rotatable bonds is 5. The Bertz CT molecular complexity index is 453. The first kappa shape index (κ1) is 11.6. The molecular weight excluding hydrogens is 210 g/mol. The number of hydrogen-bond donors (Lipinski definition) is 0. The number of aromatic nitrogens is 1. The summed E-state index contributed by atoms with van der Waals surface area (Å²) in [5, 5.41) is 0. The van der Waals surface area contributed by atoms with Crippen molar-refractivity contribution in [1.29, 1.82) is 0 Å². The van der Waals surface area contributed by atoms with Gasteiger partial charge in [-0.3, -0.25) is 0 Å². The van der Waals surface area contributed by atoms with Crippen LogP contribution in [0.3, 0.4) is 0 Å². The van der Waals surface area contributed by atoms with Crippen molar-refractivity contribution in [1.82, 2.24) is 4.98 Å². The molecule has 0 saturated heterocycles. The van der Waals surface area contributed by atoms with Crippen LogP contribution in [0.15, 0.2) is 48.7 Å². The van der Waals surface area contributed by atoms with Gasteiger partial charge in [-0.2, -0.15) is 0 Å². The molecule has 1 aromatic carbocycles. The third-order valence-electron chi connectivity index (χ3n) is 2.78. The quantitative estimate of drug-likeness (QED) is 0.782. The molecule has 0 unspecified atom stereocenters. The zero-order valence-corrected chi connectivity index (χ0v) is 10.1. The van der Waals surface area contributed by atoms with E-state index in [2.05, 4.69) is 35.3 Å². The van der Waals surface area contributed by atoms with Crippen LogP contribution in [0.4, 0.5) is 0 Å². The molecule has 0 aliphatic rings. The van der Waals surface area contributed by atoms with E-state index in [1.54, 1.807) is 13.3 Å². The molecule has 0 aliphatic heterocycles. The molecule has 0 radical (unpaired) electrons. The van der Waals surface area contributed by atoms with Crippen LogP contribution < -0.4 is 4.74 Å². The second-order valence-corrected chi connectivity index (χ2v) is 4.05. The van der Waals surface area contributed by atoms with Gasteiger partial charge in [-0.15, -0.1) is 0 Å². The lowest BCUT2D eigenvalue weighted by Gasteiger charge is -2.04. The highest BCUT2D eigenvalue weighted by Gasteiger charge is 1.98. The average molecular weight is 227 g/mol. The van der Waals surface area contributed by atoms with Gasteiger partial charge >= 0.3 is 0 Å². The van der Waals surface area contributed by atoms with Gasteiger partial charge in [-0.25, -0.2) is 4.98 Å². The van der Waals surface area contributed by atoms with Gasteiger partial charge in [0, 0.05) is 12.3 Å². The minimum atomic E-state index is 0.696. The minimum absolute atomic E-state index is 0.696. The summed E-state index contributed by atoms with van der Waals surface area (Å²) in [5.41, 5.74) is 2.68. The smallest absolute Gasteiger partial charge is 0.213 e. The Labute approximate surface area is 102 Å². The third-order valence-corrected chi connectivity index (χ3v) is 2.78. The third kappa shape index (κ3) is 3.59. The monoisotopic (exact) mass is 227 g/mol. The van der Waals surface area contributed by atoms with Crippen LogP contribution >= 0.6 is 0 Å². The lowest BCUT2D eigenvalue weighted by molar-refractivity contribution is 0.397. The first-order valence-corrected chi connectivity index (χ1v) is 5.91. The maximum absolute atomic E-state index is 5.11. The molecule has 0 N–H and O–H groups in total. The van der Waals surface area contributed by atoms with E-state index in [4.69, 9.17) is 4.74 Å². The van der Waals surface area contributed by atoms with Gasteiger partial charge in [0.25, 0.3) is 0 Å². The normalized spacial score (nSPS) is 10.2. The van der Waals surface area contributed by atoms with Crippen molar-refractivity contribution in [2.75, 3.05) is 7.11 Å². The van der Waals surface area contributed by atoms with Crippen molar-refractivity contribution in [2.45, 2.75) is 19.3 Å². The predicted octanol–water partition coefficient (Wildman–Crippen LogP) is 3.27. The van der Waals surface area contributed by atoms with Crippen molar-refractivity contribution in [2.24, 2.45) is 0 Å². The lowest BCUT2D eigenvalue weighted by Crippen LogP contribution is -1.92. The molecule has 1 aromatic heterocycles. The number of hydrogen-bond acceptors (Lipinski definition) is 2. The van der Waals surface area contributed by atoms with E-state index < -0.39 is 0 Å². The van der Waals surface area contributed by atoms with Crippen LogP contribution in [0.1, 0.15) is 17.5 Å². The minimum Gasteiger partial charge on any atom is -0.481 e. The zero-order valence-electron chi connectivity index (χ0n) is 10.1. The largest absolute Gasteiger partial charge is 0.481 e. The van der Waals surface area contributed by atoms with E-state index in [0.29, 0.717) is 5.88 Å². The number of ether oxygens (including phenoxy) is 1. The van der Waals surface area contributed by atoms with E-state index in [0.717, 1.165) is 19.3 Å². The van der Waals surface area contributed by atoms with Crippen LogP contribution in [0, 0.1) is 0 Å². The van der Waals surface area contributed by atoms with E-state index in [1.165, 1.54) is 11.1 Å². The molecule has 0 saturated carbocycles. The van der Waals surface area contributed by atoms with Crippen molar-refractivity contribution in [3.63, 3.8) is 0 Å². The van der Waals surface area contributed by atoms with E-state index in [-0.39, 0.29) is 0 Å². The van der Waals surface area contributed by atoms with Gasteiger partial charge in [0.15, 0.2) is 0 Å². The molecule has 0 bridgehead atoms. The molecule has 0 atom stereocenters. The first-order valence-electron chi connectivity index (χ1n) is 5.91. The maximum Gasteiger partial charge on any atom is 0.213 e. The second kappa shape index (κ2) is 6.04. The number of aryl methyl sites for hydroxylation is 2. The Morgan fingerprint density at radius 2 is 1.76 bits per heavy atom. The SMILES string of the molecule is COc1cc(CCCc2ccccc2)ccn1. The highest BCUT2D eigenvalue weighted by molar-refractivity contribution is 5.21. The van der Waals surface area contributed by atoms with Crippen LogP contribution in [-0.2, 0) is 12.8 Å². The van der Waals surface area contributed by atoms with Gasteiger partial charge in [-0.1, -0.05) is 30.3 Å². The number of methoxy groups -OCH3 is 1. The molecule has 2 rings (SSSR count). The summed E-state index contributed by atoms with van der Waals surface area (Å²) in [7, 11) is 1.65. The van der Waals surface area contributed by atoms with Gasteiger partial charge in [0.05, 0.1) is 7.11 Å². The number of benzene rings is 1. The molecular formula is C15H17NO. The Morgan fingerprint density at radius 1 is 1.00 bits per heavy atom. The Hall–Kier alpha value is -1.83. The fraction of sp³-hybridized carbons (Fsp3) is 0.267. The van der Waals surface area contributed by atoms with Crippen LogP contribution in [0.25, 0.3) is 0 Å². The molecule has 0 aliphatic carbocycles. The molecule has 2 aromatic rings. The Balaban J connectivity index is 1.86. The van der Waals surface area contributed by atoms with Crippen LogP contribution in [0.2, 0.25) is 0 Å².